The van der Waals surface area contributed by atoms with Gasteiger partial charge in [0, 0.05) is 52.0 Å². The maximum Gasteiger partial charge on any atom is 0.0696 e. The first-order valence-electron chi connectivity index (χ1n) is 1.89. The van der Waals surface area contributed by atoms with Crippen molar-refractivity contribution in [1.29, 1.82) is 0 Å². The van der Waals surface area contributed by atoms with Crippen LogP contribution in [-0.2, 0) is 9.47 Å². The third-order valence-electron chi connectivity index (χ3n) is 0.492. The number of ether oxygens (including phenoxy) is 2. The molecule has 0 rings (SSSR count). The number of methoxy groups -OCH3 is 2. The van der Waals surface area contributed by atoms with Gasteiger partial charge in [0.25, 0.3) is 0 Å². The van der Waals surface area contributed by atoms with Crippen molar-refractivity contribution in [1.82, 2.24) is 0 Å². The summed E-state index contributed by atoms with van der Waals surface area (Å²) >= 11 is 0. The topological polar surface area (TPSA) is 18.5 Å². The molecule has 0 aromatic heterocycles. The molecule has 0 spiro atoms. The average molecular weight is 130 g/mol. The maximum atomic E-state index is 4.66. The normalized spacial score (nSPS) is 7.71. The van der Waals surface area contributed by atoms with Gasteiger partial charge in [-0.25, -0.2) is 0 Å². The van der Waals surface area contributed by atoms with Gasteiger partial charge in [-0.1, -0.05) is 0 Å². The van der Waals surface area contributed by atoms with E-state index in [0.717, 1.165) is 0 Å². The summed E-state index contributed by atoms with van der Waals surface area (Å²) in [7, 11) is 3.30. The van der Waals surface area contributed by atoms with Crippen LogP contribution in [0.3, 0.4) is 0 Å². The van der Waals surface area contributed by atoms with E-state index in [1.54, 1.807) is 14.2 Å². The molecule has 0 aromatic carbocycles. The molecule has 7 heavy (non-hydrogen) atoms. The van der Waals surface area contributed by atoms with Gasteiger partial charge in [-0.2, -0.15) is 0 Å². The molecule has 0 aliphatic heterocycles. The van der Waals surface area contributed by atoms with Crippen LogP contribution in [-0.4, -0.2) is 27.4 Å². The van der Waals surface area contributed by atoms with Crippen LogP contribution in [0.2, 0.25) is 0 Å². The largest absolute Gasteiger partial charge is 0.382 e. The number of hydrogen-bond donors (Lipinski definition) is 0. The predicted molar refractivity (Wildman–Crippen MR) is 23.8 cm³/mol. The van der Waals surface area contributed by atoms with Gasteiger partial charge < -0.3 is 9.47 Å². The Hall–Kier alpha value is 1.18. The molecule has 46 valence electrons. The molecule has 0 radical (unpaired) electrons. The molecule has 0 aromatic rings. The Labute approximate surface area is 74.2 Å². The van der Waals surface area contributed by atoms with Gasteiger partial charge in [-0.3, -0.25) is 0 Å². The molecule has 0 aliphatic carbocycles. The van der Waals surface area contributed by atoms with E-state index in [1.807, 2.05) is 0 Å². The quantitative estimate of drug-likeness (QED) is 0.511. The molecule has 0 atom stereocenters. The second kappa shape index (κ2) is 10.2. The van der Waals surface area contributed by atoms with Gasteiger partial charge >= 0.3 is 0 Å². The SMILES string of the molecule is COCCOC.[Ar]. The molecule has 0 aliphatic rings. The minimum Gasteiger partial charge on any atom is -0.382 e. The molecule has 3 heteroatoms. The molecular formula is C4H10ArO2. The minimum absolute atomic E-state index is 0. The van der Waals surface area contributed by atoms with Gasteiger partial charge in [-0.05, 0) is 0 Å². The minimum atomic E-state index is 0. The van der Waals surface area contributed by atoms with Crippen LogP contribution in [0.5, 0.6) is 0 Å². The fourth-order valence-corrected chi connectivity index (χ4v) is 0.167. The molecule has 0 heterocycles. The zero-order valence-electron chi connectivity index (χ0n) is 4.58. The predicted octanol–water partition coefficient (Wildman–Crippen LogP) is 0.279. The third kappa shape index (κ3) is 11.0. The van der Waals surface area contributed by atoms with Crippen molar-refractivity contribution < 1.29 is 47.2 Å². The van der Waals surface area contributed by atoms with Gasteiger partial charge in [-0.15, -0.1) is 0 Å². The number of rotatable bonds is 3. The number of hydrogen-bond acceptors (Lipinski definition) is 2. The molecule has 0 fully saturated rings. The van der Waals surface area contributed by atoms with Crippen molar-refractivity contribution in [2.45, 2.75) is 0 Å². The van der Waals surface area contributed by atoms with Gasteiger partial charge in [0.05, 0.1) is 13.2 Å². The Morgan fingerprint density at radius 3 is 1.43 bits per heavy atom. The van der Waals surface area contributed by atoms with E-state index in [0.29, 0.717) is 13.2 Å². The molecule has 0 N–H and O–H groups in total. The Balaban J connectivity index is 0. The summed E-state index contributed by atoms with van der Waals surface area (Å²) in [6.45, 7) is 1.38. The van der Waals surface area contributed by atoms with Crippen LogP contribution in [0.25, 0.3) is 0 Å². The summed E-state index contributed by atoms with van der Waals surface area (Å²) in [6.07, 6.45) is 0. The second-order valence-electron chi connectivity index (χ2n) is 0.986. The van der Waals surface area contributed by atoms with E-state index >= 15 is 0 Å². The van der Waals surface area contributed by atoms with Crippen LogP contribution in [0.4, 0.5) is 0 Å². The van der Waals surface area contributed by atoms with E-state index in [9.17, 15) is 0 Å². The summed E-state index contributed by atoms with van der Waals surface area (Å²) in [4.78, 5) is 0. The van der Waals surface area contributed by atoms with E-state index in [1.165, 1.54) is 0 Å². The maximum absolute atomic E-state index is 4.66. The van der Waals surface area contributed by atoms with Gasteiger partial charge in [0.15, 0.2) is 0 Å². The van der Waals surface area contributed by atoms with E-state index in [2.05, 4.69) is 9.47 Å². The summed E-state index contributed by atoms with van der Waals surface area (Å²) < 4.78 is 9.31. The zero-order valence-corrected chi connectivity index (χ0v) is 5.29. The van der Waals surface area contributed by atoms with Gasteiger partial charge in [0.1, 0.15) is 0 Å². The summed E-state index contributed by atoms with van der Waals surface area (Å²) in [6, 6.07) is 0. The fraction of sp³-hybridized carbons (Fsp3) is 1.00. The van der Waals surface area contributed by atoms with Crippen molar-refractivity contribution in [3.05, 3.63) is 0 Å². The van der Waals surface area contributed by atoms with E-state index in [-0.39, 0.29) is 37.7 Å². The standard InChI is InChI=1S/C4H10O2.Ar/c1-5-3-4-6-2;/h3-4H2,1-2H3;. The first kappa shape index (κ1) is 11.0. The van der Waals surface area contributed by atoms with Crippen LogP contribution in [0.15, 0.2) is 0 Å². The fourth-order valence-electron chi connectivity index (χ4n) is 0.167. The first-order valence-corrected chi connectivity index (χ1v) is 1.89. The molecule has 0 bridgehead atoms. The summed E-state index contributed by atoms with van der Waals surface area (Å²) in [5.74, 6) is 0. The smallest absolute Gasteiger partial charge is 0.0696 e. The Bertz CT molecular complexity index is 21.7. The van der Waals surface area contributed by atoms with E-state index < -0.39 is 0 Å². The monoisotopic (exact) mass is 130 g/mol. The third-order valence-corrected chi connectivity index (χ3v) is 0.492. The van der Waals surface area contributed by atoms with Crippen LogP contribution in [0.1, 0.15) is 0 Å². The molecular weight excluding hydrogens is 120 g/mol. The van der Waals surface area contributed by atoms with Crippen LogP contribution in [0, 0.1) is 37.7 Å². The van der Waals surface area contributed by atoms with Crippen molar-refractivity contribution in [3.63, 3.8) is 0 Å². The molecule has 0 amide bonds. The van der Waals surface area contributed by atoms with Gasteiger partial charge in [0.2, 0.25) is 0 Å². The average Bonchev–Trinajstić information content (AvgIpc) is 1.61. The second-order valence-corrected chi connectivity index (χ2v) is 0.986. The molecule has 0 saturated heterocycles. The van der Waals surface area contributed by atoms with Crippen molar-refractivity contribution >= 4 is 0 Å². The van der Waals surface area contributed by atoms with Crippen LogP contribution >= 0.6 is 0 Å². The molecule has 0 saturated carbocycles. The zero-order chi connectivity index (χ0) is 4.83. The Kier molecular flexibility index (Phi) is 16.1. The first-order chi connectivity index (χ1) is 2.91. The van der Waals surface area contributed by atoms with Crippen molar-refractivity contribution in [2.75, 3.05) is 27.4 Å². The summed E-state index contributed by atoms with van der Waals surface area (Å²) in [5.41, 5.74) is 0. The Morgan fingerprint density at radius 1 is 1.00 bits per heavy atom. The Morgan fingerprint density at radius 2 is 1.29 bits per heavy atom. The van der Waals surface area contributed by atoms with Crippen LogP contribution < -0.4 is 0 Å². The molecule has 0 unspecified atom stereocenters. The van der Waals surface area contributed by atoms with E-state index in [4.69, 9.17) is 0 Å². The van der Waals surface area contributed by atoms with Crippen molar-refractivity contribution in [3.8, 4) is 0 Å². The molecule has 2 nitrogen and oxygen atoms in total. The van der Waals surface area contributed by atoms with Crippen molar-refractivity contribution in [2.24, 2.45) is 0 Å². The summed E-state index contributed by atoms with van der Waals surface area (Å²) in [5, 5.41) is 0.